The zero-order valence-corrected chi connectivity index (χ0v) is 7.18. The smallest absolute Gasteiger partial charge is 0.128 e. The molecule has 0 nitrogen and oxygen atoms in total. The Hall–Kier alpha value is 0.360. The van der Waals surface area contributed by atoms with Gasteiger partial charge < -0.3 is 0 Å². The second kappa shape index (κ2) is 2.20. The van der Waals surface area contributed by atoms with Crippen LogP contribution in [0, 0.1) is 11.8 Å². The number of rotatable bonds is 2. The first-order valence-electron chi connectivity index (χ1n) is 3.53. The topological polar surface area (TPSA) is 0 Å². The third-order valence-corrected chi connectivity index (χ3v) is 3.23. The van der Waals surface area contributed by atoms with E-state index in [1.807, 2.05) is 13.8 Å². The summed E-state index contributed by atoms with van der Waals surface area (Å²) in [6.45, 7) is 3.87. The number of hydrogen-bond donors (Lipinski definition) is 0. The first-order chi connectivity index (χ1) is 4.05. The molecular formula is C7H14FP. The largest absolute Gasteiger partial charge is 0.239 e. The summed E-state index contributed by atoms with van der Waals surface area (Å²) < 4.78 is 13.4. The molecule has 1 saturated carbocycles. The van der Waals surface area contributed by atoms with Gasteiger partial charge in [-0.1, -0.05) is 23.1 Å². The van der Waals surface area contributed by atoms with E-state index in [1.54, 1.807) is 0 Å². The fourth-order valence-electron chi connectivity index (χ4n) is 0.997. The Morgan fingerprint density at radius 2 is 2.00 bits per heavy atom. The normalized spacial score (nSPS) is 26.3. The number of halogens is 1. The van der Waals surface area contributed by atoms with Crippen molar-refractivity contribution in [3.05, 3.63) is 0 Å². The van der Waals surface area contributed by atoms with Gasteiger partial charge in [0.15, 0.2) is 0 Å². The van der Waals surface area contributed by atoms with Crippen molar-refractivity contribution in [1.82, 2.24) is 0 Å². The molecule has 0 saturated heterocycles. The van der Waals surface area contributed by atoms with E-state index in [1.165, 1.54) is 0 Å². The highest BCUT2D eigenvalue weighted by molar-refractivity contribution is 7.18. The molecule has 2 heteroatoms. The maximum Gasteiger partial charge on any atom is 0.128 e. The summed E-state index contributed by atoms with van der Waals surface area (Å²) in [6, 6.07) is 0. The second-order valence-corrected chi connectivity index (χ2v) is 4.14. The SMILES string of the molecule is CC(C)C(F)(P)C1CC1. The van der Waals surface area contributed by atoms with Crippen LogP contribution in [0.1, 0.15) is 26.7 Å². The summed E-state index contributed by atoms with van der Waals surface area (Å²) in [5.41, 5.74) is 0. The Labute approximate surface area is 58.4 Å². The van der Waals surface area contributed by atoms with E-state index in [0.29, 0.717) is 5.92 Å². The van der Waals surface area contributed by atoms with Crippen LogP contribution in [0.25, 0.3) is 0 Å². The molecule has 0 aromatic carbocycles. The zero-order chi connectivity index (χ0) is 7.07. The summed E-state index contributed by atoms with van der Waals surface area (Å²) in [5, 5.41) is -0.972. The molecule has 0 amide bonds. The van der Waals surface area contributed by atoms with Crippen molar-refractivity contribution in [2.45, 2.75) is 32.1 Å². The predicted molar refractivity (Wildman–Crippen MR) is 41.1 cm³/mol. The molecule has 0 bridgehead atoms. The van der Waals surface area contributed by atoms with Gasteiger partial charge in [-0.2, -0.15) is 0 Å². The molecule has 1 aliphatic rings. The van der Waals surface area contributed by atoms with E-state index < -0.39 is 5.41 Å². The van der Waals surface area contributed by atoms with Crippen LogP contribution in [-0.4, -0.2) is 5.41 Å². The van der Waals surface area contributed by atoms with Crippen LogP contribution in [0.4, 0.5) is 4.39 Å². The average molecular weight is 148 g/mol. The monoisotopic (exact) mass is 148 g/mol. The van der Waals surface area contributed by atoms with Gasteiger partial charge in [-0.3, -0.25) is 0 Å². The standard InChI is InChI=1S/C7H14FP/c1-5(2)7(8,9)6-3-4-6/h5-6H,3-4,9H2,1-2H3. The van der Waals surface area contributed by atoms with Crippen molar-refractivity contribution in [2.24, 2.45) is 11.8 Å². The van der Waals surface area contributed by atoms with Crippen LogP contribution in [0.2, 0.25) is 0 Å². The summed E-state index contributed by atoms with van der Waals surface area (Å²) in [4.78, 5) is 0. The van der Waals surface area contributed by atoms with Crippen LogP contribution in [0.5, 0.6) is 0 Å². The van der Waals surface area contributed by atoms with E-state index in [-0.39, 0.29) is 5.92 Å². The van der Waals surface area contributed by atoms with Gasteiger partial charge >= 0.3 is 0 Å². The summed E-state index contributed by atoms with van der Waals surface area (Å²) >= 11 is 0. The van der Waals surface area contributed by atoms with Gasteiger partial charge in [-0.05, 0) is 24.7 Å². The van der Waals surface area contributed by atoms with E-state index in [9.17, 15) is 4.39 Å². The zero-order valence-electron chi connectivity index (χ0n) is 6.02. The number of hydrogen-bond acceptors (Lipinski definition) is 0. The van der Waals surface area contributed by atoms with Crippen LogP contribution >= 0.6 is 9.24 Å². The van der Waals surface area contributed by atoms with Gasteiger partial charge in [0.1, 0.15) is 5.41 Å². The molecule has 9 heavy (non-hydrogen) atoms. The van der Waals surface area contributed by atoms with E-state index in [4.69, 9.17) is 0 Å². The Bertz CT molecular complexity index is 101. The van der Waals surface area contributed by atoms with Crippen LogP contribution in [-0.2, 0) is 0 Å². The molecule has 0 N–H and O–H groups in total. The summed E-state index contributed by atoms with van der Waals surface area (Å²) in [5.74, 6) is 0.484. The van der Waals surface area contributed by atoms with Gasteiger partial charge in [0, 0.05) is 0 Å². The molecule has 0 heterocycles. The first-order valence-corrected chi connectivity index (χ1v) is 4.10. The third kappa shape index (κ3) is 1.43. The molecule has 0 radical (unpaired) electrons. The molecule has 0 spiro atoms. The highest BCUT2D eigenvalue weighted by Crippen LogP contribution is 2.50. The van der Waals surface area contributed by atoms with Crippen LogP contribution in [0.3, 0.4) is 0 Å². The van der Waals surface area contributed by atoms with Crippen molar-refractivity contribution < 1.29 is 4.39 Å². The lowest BCUT2D eigenvalue weighted by atomic mass is 10.0. The first kappa shape index (κ1) is 7.47. The Kier molecular flexibility index (Phi) is 1.82. The Morgan fingerprint density at radius 3 is 2.11 bits per heavy atom. The van der Waals surface area contributed by atoms with E-state index >= 15 is 0 Å². The highest BCUT2D eigenvalue weighted by atomic mass is 31.0. The fraction of sp³-hybridized carbons (Fsp3) is 1.00. The Balaban J connectivity index is 2.48. The molecule has 0 aromatic heterocycles. The lowest BCUT2D eigenvalue weighted by molar-refractivity contribution is 0.181. The maximum absolute atomic E-state index is 13.4. The molecule has 1 rings (SSSR count). The van der Waals surface area contributed by atoms with Gasteiger partial charge in [-0.15, -0.1) is 0 Å². The molecule has 0 aromatic rings. The molecule has 0 aliphatic heterocycles. The van der Waals surface area contributed by atoms with Crippen LogP contribution < -0.4 is 0 Å². The fourth-order valence-corrected chi connectivity index (χ4v) is 1.33. The van der Waals surface area contributed by atoms with Crippen LogP contribution in [0.15, 0.2) is 0 Å². The minimum absolute atomic E-state index is 0.148. The van der Waals surface area contributed by atoms with E-state index in [0.717, 1.165) is 12.8 Å². The van der Waals surface area contributed by atoms with Crippen molar-refractivity contribution in [2.75, 3.05) is 0 Å². The minimum atomic E-state index is -0.972. The maximum atomic E-state index is 13.4. The van der Waals surface area contributed by atoms with Gasteiger partial charge in [-0.25, -0.2) is 4.39 Å². The molecule has 1 fully saturated rings. The van der Waals surface area contributed by atoms with Crippen molar-refractivity contribution in [3.8, 4) is 0 Å². The van der Waals surface area contributed by atoms with Gasteiger partial charge in [0.05, 0.1) is 0 Å². The minimum Gasteiger partial charge on any atom is -0.239 e. The predicted octanol–water partition coefficient (Wildman–Crippen LogP) is 2.59. The molecular weight excluding hydrogens is 134 g/mol. The molecule has 1 aliphatic carbocycles. The second-order valence-electron chi connectivity index (χ2n) is 3.26. The van der Waals surface area contributed by atoms with Gasteiger partial charge in [0.2, 0.25) is 0 Å². The van der Waals surface area contributed by atoms with Crippen molar-refractivity contribution in [1.29, 1.82) is 0 Å². The van der Waals surface area contributed by atoms with Gasteiger partial charge in [0.25, 0.3) is 0 Å². The molecule has 54 valence electrons. The summed E-state index contributed by atoms with van der Waals surface area (Å²) in [6.07, 6.45) is 2.16. The molecule has 2 unspecified atom stereocenters. The van der Waals surface area contributed by atoms with E-state index in [2.05, 4.69) is 9.24 Å². The van der Waals surface area contributed by atoms with Crippen molar-refractivity contribution >= 4 is 9.24 Å². The third-order valence-electron chi connectivity index (χ3n) is 2.09. The lowest BCUT2D eigenvalue weighted by Gasteiger charge is -2.23. The molecule has 2 atom stereocenters. The summed E-state index contributed by atoms with van der Waals surface area (Å²) in [7, 11) is 2.34. The lowest BCUT2D eigenvalue weighted by Crippen LogP contribution is -2.23. The highest BCUT2D eigenvalue weighted by Gasteiger charge is 2.44. The Morgan fingerprint density at radius 1 is 1.56 bits per heavy atom. The van der Waals surface area contributed by atoms with Crippen molar-refractivity contribution in [3.63, 3.8) is 0 Å². The quantitative estimate of drug-likeness (QED) is 0.528. The number of alkyl halides is 1. The average Bonchev–Trinajstić information content (AvgIpc) is 2.42.